The number of methoxy groups -OCH3 is 1. The van der Waals surface area contributed by atoms with E-state index in [1.165, 1.54) is 4.88 Å². The summed E-state index contributed by atoms with van der Waals surface area (Å²) in [4.78, 5) is 25.9. The summed E-state index contributed by atoms with van der Waals surface area (Å²) in [6.45, 7) is 4.27. The van der Waals surface area contributed by atoms with Gasteiger partial charge in [0.1, 0.15) is 5.75 Å². The molecule has 0 unspecified atom stereocenters. The summed E-state index contributed by atoms with van der Waals surface area (Å²) < 4.78 is 12.4. The number of hydrogen-bond donors (Lipinski definition) is 0. The Balaban J connectivity index is 1.66. The lowest BCUT2D eigenvalue weighted by atomic mass is 10.1. The molecule has 0 amide bonds. The lowest BCUT2D eigenvalue weighted by Crippen LogP contribution is -2.15. The van der Waals surface area contributed by atoms with Gasteiger partial charge in [0.2, 0.25) is 0 Å². The predicted octanol–water partition coefficient (Wildman–Crippen LogP) is 4.26. The van der Waals surface area contributed by atoms with Crippen molar-refractivity contribution in [1.82, 2.24) is 4.57 Å². The molecule has 27 heavy (non-hydrogen) atoms. The normalized spacial score (nSPS) is 10.6. The lowest BCUT2D eigenvalue weighted by molar-refractivity contribution is 0.0474. The van der Waals surface area contributed by atoms with Crippen molar-refractivity contribution in [2.24, 2.45) is 0 Å². The second-order valence-corrected chi connectivity index (χ2v) is 7.21. The summed E-state index contributed by atoms with van der Waals surface area (Å²) in [7, 11) is 1.56. The third-order valence-corrected chi connectivity index (χ3v) is 5.30. The zero-order valence-corrected chi connectivity index (χ0v) is 16.3. The van der Waals surface area contributed by atoms with Crippen molar-refractivity contribution in [2.75, 3.05) is 13.7 Å². The summed E-state index contributed by atoms with van der Waals surface area (Å²) in [5.41, 5.74) is 2.79. The first-order valence-electron chi connectivity index (χ1n) is 8.53. The van der Waals surface area contributed by atoms with E-state index in [1.807, 2.05) is 31.4 Å². The maximum atomic E-state index is 12.5. The van der Waals surface area contributed by atoms with Crippen LogP contribution in [-0.2, 0) is 11.3 Å². The van der Waals surface area contributed by atoms with Crippen molar-refractivity contribution in [3.8, 4) is 5.75 Å². The summed E-state index contributed by atoms with van der Waals surface area (Å²) in [6.07, 6.45) is 0. The minimum atomic E-state index is -0.484. The molecule has 0 aliphatic heterocycles. The molecule has 0 spiro atoms. The monoisotopic (exact) mass is 383 g/mol. The number of aromatic nitrogens is 1. The van der Waals surface area contributed by atoms with E-state index in [-0.39, 0.29) is 12.4 Å². The molecule has 0 aliphatic rings. The van der Waals surface area contributed by atoms with Crippen LogP contribution >= 0.6 is 11.3 Å². The van der Waals surface area contributed by atoms with Gasteiger partial charge in [0.05, 0.1) is 19.2 Å². The first-order valence-corrected chi connectivity index (χ1v) is 9.41. The van der Waals surface area contributed by atoms with E-state index >= 15 is 0 Å². The minimum Gasteiger partial charge on any atom is -0.497 e. The number of aryl methyl sites for hydroxylation is 1. The first-order chi connectivity index (χ1) is 13.0. The van der Waals surface area contributed by atoms with E-state index in [2.05, 4.69) is 10.6 Å². The Morgan fingerprint density at radius 3 is 2.48 bits per heavy atom. The van der Waals surface area contributed by atoms with Gasteiger partial charge in [-0.2, -0.15) is 0 Å². The quantitative estimate of drug-likeness (QED) is 0.452. The summed E-state index contributed by atoms with van der Waals surface area (Å²) in [6, 6.07) is 12.6. The molecule has 5 nitrogen and oxygen atoms in total. The third-order valence-electron chi connectivity index (χ3n) is 4.43. The highest BCUT2D eigenvalue weighted by molar-refractivity contribution is 7.09. The Morgan fingerprint density at radius 1 is 1.11 bits per heavy atom. The third kappa shape index (κ3) is 4.28. The largest absolute Gasteiger partial charge is 0.497 e. The number of hydrogen-bond acceptors (Lipinski definition) is 5. The number of nitrogens with zero attached hydrogens (tertiary/aromatic N) is 1. The van der Waals surface area contributed by atoms with Gasteiger partial charge in [0.15, 0.2) is 12.4 Å². The van der Waals surface area contributed by atoms with Crippen LogP contribution in [0.3, 0.4) is 0 Å². The minimum absolute atomic E-state index is 0.251. The average Bonchev–Trinajstić information content (AvgIpc) is 3.29. The fourth-order valence-electron chi connectivity index (χ4n) is 2.88. The second kappa shape index (κ2) is 8.22. The fourth-order valence-corrected chi connectivity index (χ4v) is 3.57. The maximum absolute atomic E-state index is 12.5. The van der Waals surface area contributed by atoms with E-state index in [9.17, 15) is 9.59 Å². The molecule has 0 atom stereocenters. The van der Waals surface area contributed by atoms with Gasteiger partial charge in [-0.25, -0.2) is 4.79 Å². The Hall–Kier alpha value is -2.86. The highest BCUT2D eigenvalue weighted by Crippen LogP contribution is 2.20. The Kier molecular flexibility index (Phi) is 5.76. The number of rotatable bonds is 7. The second-order valence-electron chi connectivity index (χ2n) is 6.18. The highest BCUT2D eigenvalue weighted by atomic mass is 32.1. The van der Waals surface area contributed by atoms with Gasteiger partial charge in [-0.05, 0) is 55.6 Å². The van der Waals surface area contributed by atoms with Crippen molar-refractivity contribution in [1.29, 1.82) is 0 Å². The number of carbonyl (C=O) groups is 2. The van der Waals surface area contributed by atoms with Crippen LogP contribution in [0.2, 0.25) is 0 Å². The molecule has 0 N–H and O–H groups in total. The van der Waals surface area contributed by atoms with Crippen LogP contribution < -0.4 is 4.74 Å². The molecule has 2 heterocycles. The van der Waals surface area contributed by atoms with Crippen LogP contribution in [0.25, 0.3) is 0 Å². The fraction of sp³-hybridized carbons (Fsp3) is 0.238. The van der Waals surface area contributed by atoms with Crippen molar-refractivity contribution >= 4 is 23.1 Å². The van der Waals surface area contributed by atoms with Crippen molar-refractivity contribution in [2.45, 2.75) is 20.4 Å². The van der Waals surface area contributed by atoms with Crippen molar-refractivity contribution < 1.29 is 19.1 Å². The highest BCUT2D eigenvalue weighted by Gasteiger charge is 2.19. The Bertz CT molecular complexity index is 939. The molecule has 0 fully saturated rings. The Labute approximate surface area is 162 Å². The Morgan fingerprint density at radius 2 is 1.85 bits per heavy atom. The van der Waals surface area contributed by atoms with E-state index in [0.717, 1.165) is 11.4 Å². The molecule has 1 aromatic carbocycles. The van der Waals surface area contributed by atoms with Gasteiger partial charge < -0.3 is 14.0 Å². The van der Waals surface area contributed by atoms with Gasteiger partial charge in [-0.15, -0.1) is 11.3 Å². The number of ether oxygens (including phenoxy) is 2. The van der Waals surface area contributed by atoms with Crippen LogP contribution in [0.4, 0.5) is 0 Å². The SMILES string of the molecule is COc1ccc(C(=O)COC(=O)c2cc(C)n(Cc3cccs3)c2C)cc1. The number of esters is 1. The van der Waals surface area contributed by atoms with Crippen LogP contribution in [0.1, 0.15) is 37.0 Å². The predicted molar refractivity (Wildman–Crippen MR) is 105 cm³/mol. The smallest absolute Gasteiger partial charge is 0.340 e. The van der Waals surface area contributed by atoms with Crippen LogP contribution in [0.5, 0.6) is 5.75 Å². The molecular formula is C21H21NO4S. The van der Waals surface area contributed by atoms with Gasteiger partial charge in [-0.1, -0.05) is 6.07 Å². The molecular weight excluding hydrogens is 362 g/mol. The molecule has 0 saturated carbocycles. The zero-order chi connectivity index (χ0) is 19.4. The molecule has 6 heteroatoms. The maximum Gasteiger partial charge on any atom is 0.340 e. The number of thiophene rings is 1. The average molecular weight is 383 g/mol. The lowest BCUT2D eigenvalue weighted by Gasteiger charge is -2.08. The van der Waals surface area contributed by atoms with Crippen LogP contribution in [0.15, 0.2) is 47.8 Å². The number of carbonyl (C=O) groups excluding carboxylic acids is 2. The van der Waals surface area contributed by atoms with Gasteiger partial charge in [0, 0.05) is 21.8 Å². The van der Waals surface area contributed by atoms with Crippen molar-refractivity contribution in [3.05, 3.63) is 75.2 Å². The first kappa shape index (κ1) is 18.9. The van der Waals surface area contributed by atoms with Gasteiger partial charge >= 0.3 is 5.97 Å². The summed E-state index contributed by atoms with van der Waals surface area (Å²) in [5.74, 6) is -0.0671. The number of benzene rings is 1. The van der Waals surface area contributed by atoms with E-state index in [0.29, 0.717) is 23.4 Å². The van der Waals surface area contributed by atoms with Gasteiger partial charge in [-0.3, -0.25) is 4.79 Å². The van der Waals surface area contributed by atoms with E-state index < -0.39 is 5.97 Å². The number of ketones is 1. The summed E-state index contributed by atoms with van der Waals surface area (Å²) in [5, 5.41) is 2.03. The molecule has 0 radical (unpaired) electrons. The van der Waals surface area contributed by atoms with Gasteiger partial charge in [0.25, 0.3) is 0 Å². The summed E-state index contributed by atoms with van der Waals surface area (Å²) >= 11 is 1.68. The van der Waals surface area contributed by atoms with Crippen LogP contribution in [0, 0.1) is 13.8 Å². The molecule has 140 valence electrons. The topological polar surface area (TPSA) is 57.5 Å². The van der Waals surface area contributed by atoms with E-state index in [4.69, 9.17) is 9.47 Å². The molecule has 0 bridgehead atoms. The molecule has 0 aliphatic carbocycles. The van der Waals surface area contributed by atoms with Crippen molar-refractivity contribution in [3.63, 3.8) is 0 Å². The molecule has 2 aromatic heterocycles. The molecule has 3 rings (SSSR count). The molecule has 0 saturated heterocycles. The van der Waals surface area contributed by atoms with Crippen LogP contribution in [-0.4, -0.2) is 30.0 Å². The van der Waals surface area contributed by atoms with E-state index in [1.54, 1.807) is 42.7 Å². The number of Topliss-reactive ketones (excluding diaryl/α,β-unsaturated/α-hetero) is 1. The standard InChI is InChI=1S/C21H21NO4S/c1-14-11-19(15(2)22(14)12-18-5-4-10-27-18)21(24)26-13-20(23)16-6-8-17(25-3)9-7-16/h4-11H,12-13H2,1-3H3. The molecule has 3 aromatic rings. The zero-order valence-electron chi connectivity index (χ0n) is 15.5.